The molecule has 2 aromatic rings. The van der Waals surface area contributed by atoms with E-state index in [2.05, 4.69) is 29.4 Å². The predicted molar refractivity (Wildman–Crippen MR) is 139 cm³/mol. The number of amides is 2. The maximum Gasteiger partial charge on any atom is 0.344 e. The summed E-state index contributed by atoms with van der Waals surface area (Å²) in [5.41, 5.74) is 2.04. The Morgan fingerprint density at radius 2 is 1.83 bits per heavy atom. The van der Waals surface area contributed by atoms with E-state index in [1.807, 2.05) is 6.07 Å². The third-order valence-electron chi connectivity index (χ3n) is 6.02. The molecule has 3 rings (SSSR count). The van der Waals surface area contributed by atoms with Gasteiger partial charge in [0.15, 0.2) is 6.10 Å². The van der Waals surface area contributed by atoms with Gasteiger partial charge in [0.1, 0.15) is 11.6 Å². The minimum atomic E-state index is -1.06. The number of hydrogen-bond donors (Lipinski definition) is 3. The van der Waals surface area contributed by atoms with Gasteiger partial charge in [0.05, 0.1) is 17.1 Å². The molecule has 196 valence electrons. The minimum Gasteiger partial charge on any atom is -0.479 e. The summed E-state index contributed by atoms with van der Waals surface area (Å²) >= 11 is 0. The van der Waals surface area contributed by atoms with Gasteiger partial charge in [-0.15, -0.1) is 0 Å². The van der Waals surface area contributed by atoms with E-state index in [1.54, 1.807) is 32.0 Å². The molecule has 1 saturated heterocycles. The second-order valence-corrected chi connectivity index (χ2v) is 9.48. The molecule has 1 aliphatic heterocycles. The smallest absolute Gasteiger partial charge is 0.344 e. The van der Waals surface area contributed by atoms with Crippen molar-refractivity contribution >= 4 is 29.1 Å². The van der Waals surface area contributed by atoms with Crippen LogP contribution in [0.1, 0.15) is 45.6 Å². The second kappa shape index (κ2) is 12.6. The van der Waals surface area contributed by atoms with Crippen molar-refractivity contribution in [2.24, 2.45) is 5.92 Å². The van der Waals surface area contributed by atoms with Crippen LogP contribution in [0.15, 0.2) is 36.4 Å². The quantitative estimate of drug-likeness (QED) is 0.388. The van der Waals surface area contributed by atoms with Gasteiger partial charge in [-0.3, -0.25) is 0 Å². The molecular formula is C27H36FN3O5. The van der Waals surface area contributed by atoms with Gasteiger partial charge in [-0.2, -0.15) is 0 Å². The van der Waals surface area contributed by atoms with E-state index in [1.165, 1.54) is 12.1 Å². The molecule has 1 unspecified atom stereocenters. The Hall–Kier alpha value is -3.33. The van der Waals surface area contributed by atoms with Crippen molar-refractivity contribution in [1.29, 1.82) is 0 Å². The minimum absolute atomic E-state index is 0.0624. The van der Waals surface area contributed by atoms with Gasteiger partial charge in [0.25, 0.3) is 0 Å². The van der Waals surface area contributed by atoms with Gasteiger partial charge in [0, 0.05) is 31.9 Å². The van der Waals surface area contributed by atoms with E-state index in [4.69, 9.17) is 9.47 Å². The molecule has 1 atom stereocenters. The van der Waals surface area contributed by atoms with Crippen LogP contribution in [0, 0.1) is 18.7 Å². The number of nitrogens with zero attached hydrogens (tertiary/aromatic N) is 1. The largest absolute Gasteiger partial charge is 0.479 e. The Morgan fingerprint density at radius 1 is 1.14 bits per heavy atom. The van der Waals surface area contributed by atoms with Crippen LogP contribution in [0.4, 0.5) is 26.2 Å². The van der Waals surface area contributed by atoms with Crippen molar-refractivity contribution in [3.63, 3.8) is 0 Å². The van der Waals surface area contributed by atoms with Gasteiger partial charge in [-0.1, -0.05) is 26.8 Å². The maximum atomic E-state index is 14.3. The number of aliphatic carboxylic acids is 1. The highest BCUT2D eigenvalue weighted by Gasteiger charge is 2.26. The monoisotopic (exact) mass is 501 g/mol. The van der Waals surface area contributed by atoms with Crippen LogP contribution < -0.4 is 20.3 Å². The van der Waals surface area contributed by atoms with Crippen LogP contribution in [-0.2, 0) is 9.53 Å². The van der Waals surface area contributed by atoms with Gasteiger partial charge in [0.2, 0.25) is 0 Å². The summed E-state index contributed by atoms with van der Waals surface area (Å²) in [7, 11) is 0. The topological polar surface area (TPSA) is 100 Å². The lowest BCUT2D eigenvalue weighted by Crippen LogP contribution is -2.42. The number of anilines is 3. The van der Waals surface area contributed by atoms with E-state index in [0.717, 1.165) is 30.6 Å². The molecule has 0 spiro atoms. The van der Waals surface area contributed by atoms with E-state index in [0.29, 0.717) is 30.6 Å². The summed E-state index contributed by atoms with van der Waals surface area (Å²) in [6.45, 7) is 9.82. The van der Waals surface area contributed by atoms with E-state index < -0.39 is 23.9 Å². The molecule has 2 aromatic carbocycles. The fraction of sp³-hybridized carbons (Fsp3) is 0.481. The number of hydrogen-bond acceptors (Lipinski definition) is 5. The first-order valence-corrected chi connectivity index (χ1v) is 12.4. The van der Waals surface area contributed by atoms with E-state index in [-0.39, 0.29) is 18.2 Å². The van der Waals surface area contributed by atoms with Crippen molar-refractivity contribution in [2.45, 2.75) is 59.1 Å². The molecule has 9 heteroatoms. The Bertz CT molecular complexity index is 1060. The van der Waals surface area contributed by atoms with Crippen molar-refractivity contribution in [2.75, 3.05) is 35.3 Å². The standard InChI is InChI=1S/C27H36FN3O5/c1-5-25(26(32)33)36-20-7-9-24(31(16-17(2)3)19-10-12-35-13-11-19)23(15-20)30-27(34)29-22-8-6-18(4)14-21(22)28/h6-9,14-15,17,19,25H,5,10-13,16H2,1-4H3,(H,32,33)(H2,29,30,34). The van der Waals surface area contributed by atoms with Crippen LogP contribution in [0.5, 0.6) is 5.75 Å². The third-order valence-corrected chi connectivity index (χ3v) is 6.02. The summed E-state index contributed by atoms with van der Waals surface area (Å²) in [6.07, 6.45) is 0.972. The normalized spacial score (nSPS) is 14.8. The number of ether oxygens (including phenoxy) is 2. The summed E-state index contributed by atoms with van der Waals surface area (Å²) in [5.74, 6) is -0.921. The number of carbonyl (C=O) groups is 2. The molecule has 0 radical (unpaired) electrons. The Labute approximate surface area is 211 Å². The van der Waals surface area contributed by atoms with Crippen molar-refractivity contribution < 1.29 is 28.6 Å². The molecular weight excluding hydrogens is 465 g/mol. The molecule has 3 N–H and O–H groups in total. The number of halogens is 1. The first-order valence-electron chi connectivity index (χ1n) is 12.4. The molecule has 1 fully saturated rings. The van der Waals surface area contributed by atoms with Crippen LogP contribution in [0.3, 0.4) is 0 Å². The van der Waals surface area contributed by atoms with Crippen LogP contribution in [0.2, 0.25) is 0 Å². The molecule has 1 heterocycles. The number of nitrogens with one attached hydrogen (secondary N) is 2. The molecule has 36 heavy (non-hydrogen) atoms. The van der Waals surface area contributed by atoms with Gasteiger partial charge >= 0.3 is 12.0 Å². The van der Waals surface area contributed by atoms with Crippen molar-refractivity contribution in [3.8, 4) is 5.75 Å². The summed E-state index contributed by atoms with van der Waals surface area (Å²) < 4.78 is 25.6. The Kier molecular flexibility index (Phi) is 9.52. The fourth-order valence-electron chi connectivity index (χ4n) is 4.24. The lowest BCUT2D eigenvalue weighted by Gasteiger charge is -2.38. The van der Waals surface area contributed by atoms with Crippen molar-refractivity contribution in [3.05, 3.63) is 47.8 Å². The third kappa shape index (κ3) is 7.34. The van der Waals surface area contributed by atoms with Gasteiger partial charge in [-0.05, 0) is 61.9 Å². The lowest BCUT2D eigenvalue weighted by molar-refractivity contribution is -0.145. The average Bonchev–Trinajstić information content (AvgIpc) is 2.83. The molecule has 0 saturated carbocycles. The van der Waals surface area contributed by atoms with Crippen LogP contribution in [0.25, 0.3) is 0 Å². The number of carbonyl (C=O) groups excluding carboxylic acids is 1. The van der Waals surface area contributed by atoms with E-state index >= 15 is 0 Å². The first kappa shape index (κ1) is 27.3. The van der Waals surface area contributed by atoms with Crippen LogP contribution in [-0.4, -0.2) is 49.0 Å². The number of carboxylic acids is 1. The maximum absolute atomic E-state index is 14.3. The van der Waals surface area contributed by atoms with Gasteiger partial charge in [-0.25, -0.2) is 14.0 Å². The zero-order chi connectivity index (χ0) is 26.2. The Balaban J connectivity index is 1.95. The molecule has 0 aromatic heterocycles. The summed E-state index contributed by atoms with van der Waals surface area (Å²) in [4.78, 5) is 26.7. The average molecular weight is 502 g/mol. The molecule has 8 nitrogen and oxygen atoms in total. The number of benzene rings is 2. The number of urea groups is 1. The highest BCUT2D eigenvalue weighted by molar-refractivity contribution is 6.02. The summed E-state index contributed by atoms with van der Waals surface area (Å²) in [5, 5.41) is 14.8. The number of aryl methyl sites for hydroxylation is 1. The SMILES string of the molecule is CCC(Oc1ccc(N(CC(C)C)C2CCOCC2)c(NC(=O)Nc2ccc(C)cc2F)c1)C(=O)O. The fourth-order valence-corrected chi connectivity index (χ4v) is 4.24. The Morgan fingerprint density at radius 3 is 2.44 bits per heavy atom. The highest BCUT2D eigenvalue weighted by Crippen LogP contribution is 2.35. The highest BCUT2D eigenvalue weighted by atomic mass is 19.1. The number of carboxylic acid groups (broad SMARTS) is 1. The molecule has 1 aliphatic rings. The molecule has 0 bridgehead atoms. The van der Waals surface area contributed by atoms with E-state index in [9.17, 15) is 19.1 Å². The second-order valence-electron chi connectivity index (χ2n) is 9.48. The number of rotatable bonds is 10. The molecule has 2 amide bonds. The zero-order valence-corrected chi connectivity index (χ0v) is 21.3. The van der Waals surface area contributed by atoms with Gasteiger partial charge < -0.3 is 30.1 Å². The summed E-state index contributed by atoms with van der Waals surface area (Å²) in [6, 6.07) is 9.36. The predicted octanol–water partition coefficient (Wildman–Crippen LogP) is 5.66. The first-order chi connectivity index (χ1) is 17.2. The van der Waals surface area contributed by atoms with Crippen LogP contribution >= 0.6 is 0 Å². The molecule has 0 aliphatic carbocycles. The van der Waals surface area contributed by atoms with Crippen molar-refractivity contribution in [1.82, 2.24) is 0 Å². The lowest BCUT2D eigenvalue weighted by atomic mass is 10.0. The zero-order valence-electron chi connectivity index (χ0n) is 21.3.